The highest BCUT2D eigenvalue weighted by Gasteiger charge is 2.18. The smallest absolute Gasteiger partial charge is 0.253 e. The van der Waals surface area contributed by atoms with E-state index in [0.29, 0.717) is 30.1 Å². The summed E-state index contributed by atoms with van der Waals surface area (Å²) in [5.41, 5.74) is 1.95. The van der Waals surface area contributed by atoms with E-state index in [9.17, 15) is 9.59 Å². The minimum atomic E-state index is -0.126. The maximum Gasteiger partial charge on any atom is 0.253 e. The minimum absolute atomic E-state index is 0.0476. The maximum atomic E-state index is 12.5. The van der Waals surface area contributed by atoms with Gasteiger partial charge in [-0.15, -0.1) is 0 Å². The first-order valence-corrected chi connectivity index (χ1v) is 8.39. The lowest BCUT2D eigenvalue weighted by Crippen LogP contribution is -2.29. The molecule has 2 amide bonds. The average molecular weight is 333 g/mol. The zero-order valence-electron chi connectivity index (χ0n) is 16.0. The van der Waals surface area contributed by atoms with E-state index in [2.05, 4.69) is 24.5 Å². The first-order valence-electron chi connectivity index (χ1n) is 8.39. The van der Waals surface area contributed by atoms with Gasteiger partial charge >= 0.3 is 0 Å². The van der Waals surface area contributed by atoms with Crippen LogP contribution in [0.4, 0.5) is 11.4 Å². The van der Waals surface area contributed by atoms with Crippen LogP contribution < -0.4 is 15.5 Å². The van der Waals surface area contributed by atoms with Crippen molar-refractivity contribution in [2.75, 3.05) is 30.9 Å². The number of hydrogen-bond donors (Lipinski definition) is 2. The second-order valence-corrected chi connectivity index (χ2v) is 8.02. The summed E-state index contributed by atoms with van der Waals surface area (Å²) in [6.07, 6.45) is 0.428. The summed E-state index contributed by atoms with van der Waals surface area (Å²) in [6, 6.07) is 5.43. The van der Waals surface area contributed by atoms with E-state index >= 15 is 0 Å². The van der Waals surface area contributed by atoms with Crippen molar-refractivity contribution >= 4 is 23.2 Å². The molecule has 0 bridgehead atoms. The predicted octanol–water partition coefficient (Wildman–Crippen LogP) is 3.51. The number of carbonyl (C=O) groups is 2. The van der Waals surface area contributed by atoms with Crippen LogP contribution in [0.3, 0.4) is 0 Å². The third-order valence-electron chi connectivity index (χ3n) is 3.37. The van der Waals surface area contributed by atoms with Crippen molar-refractivity contribution in [3.63, 3.8) is 0 Å². The van der Waals surface area contributed by atoms with E-state index in [1.54, 1.807) is 6.07 Å². The fourth-order valence-corrected chi connectivity index (χ4v) is 2.26. The molecule has 24 heavy (non-hydrogen) atoms. The van der Waals surface area contributed by atoms with Crippen LogP contribution in [0.1, 0.15) is 51.4 Å². The number of nitrogens with zero attached hydrogens (tertiary/aromatic N) is 1. The van der Waals surface area contributed by atoms with Crippen molar-refractivity contribution in [1.82, 2.24) is 5.32 Å². The second-order valence-electron chi connectivity index (χ2n) is 8.02. The number of rotatable bonds is 6. The molecule has 0 aliphatic rings. The molecule has 0 saturated carbocycles. The van der Waals surface area contributed by atoms with Gasteiger partial charge in [0.15, 0.2) is 0 Å². The fourth-order valence-electron chi connectivity index (χ4n) is 2.26. The molecule has 2 N–H and O–H groups in total. The Hall–Kier alpha value is -2.04. The number of nitrogens with one attached hydrogen (secondary N) is 2. The van der Waals surface area contributed by atoms with Crippen LogP contribution in [0, 0.1) is 11.3 Å². The zero-order valence-corrected chi connectivity index (χ0v) is 16.0. The molecule has 5 heteroatoms. The quantitative estimate of drug-likeness (QED) is 0.837. The molecule has 0 aliphatic heterocycles. The van der Waals surface area contributed by atoms with E-state index in [4.69, 9.17) is 0 Å². The number of hydrogen-bond acceptors (Lipinski definition) is 3. The molecule has 0 heterocycles. The Morgan fingerprint density at radius 2 is 1.79 bits per heavy atom. The molecular formula is C19H31N3O2. The molecule has 1 aromatic rings. The summed E-state index contributed by atoms with van der Waals surface area (Å²) in [4.78, 5) is 26.5. The van der Waals surface area contributed by atoms with Gasteiger partial charge in [0.2, 0.25) is 5.91 Å². The van der Waals surface area contributed by atoms with Crippen molar-refractivity contribution in [2.24, 2.45) is 11.3 Å². The summed E-state index contributed by atoms with van der Waals surface area (Å²) >= 11 is 0. The molecule has 0 atom stereocenters. The molecule has 1 aromatic carbocycles. The molecule has 0 fully saturated rings. The lowest BCUT2D eigenvalue weighted by molar-refractivity contribution is -0.117. The Labute approximate surface area is 145 Å². The monoisotopic (exact) mass is 333 g/mol. The van der Waals surface area contributed by atoms with Crippen LogP contribution in [0.5, 0.6) is 0 Å². The van der Waals surface area contributed by atoms with Gasteiger partial charge in [-0.25, -0.2) is 0 Å². The highest BCUT2D eigenvalue weighted by atomic mass is 16.2. The van der Waals surface area contributed by atoms with Gasteiger partial charge in [0.05, 0.1) is 5.56 Å². The zero-order chi connectivity index (χ0) is 18.5. The lowest BCUT2D eigenvalue weighted by atomic mass is 9.92. The molecule has 0 unspecified atom stereocenters. The Bertz CT molecular complexity index is 587. The van der Waals surface area contributed by atoms with Crippen LogP contribution in [0.15, 0.2) is 18.2 Å². The number of benzene rings is 1. The minimum Gasteiger partial charge on any atom is -0.377 e. The summed E-state index contributed by atoms with van der Waals surface area (Å²) in [7, 11) is 3.79. The van der Waals surface area contributed by atoms with E-state index in [1.807, 2.05) is 51.9 Å². The van der Waals surface area contributed by atoms with Gasteiger partial charge < -0.3 is 15.5 Å². The second kappa shape index (κ2) is 8.18. The maximum absolute atomic E-state index is 12.5. The molecule has 0 aromatic heterocycles. The highest BCUT2D eigenvalue weighted by molar-refractivity contribution is 6.02. The Morgan fingerprint density at radius 3 is 2.29 bits per heavy atom. The number of amides is 2. The van der Waals surface area contributed by atoms with Crippen LogP contribution >= 0.6 is 0 Å². The Kier molecular flexibility index (Phi) is 6.81. The molecular weight excluding hydrogens is 302 g/mol. The van der Waals surface area contributed by atoms with Crippen molar-refractivity contribution in [3.05, 3.63) is 23.8 Å². The van der Waals surface area contributed by atoms with Crippen LogP contribution in [-0.2, 0) is 4.79 Å². The predicted molar refractivity (Wildman–Crippen MR) is 101 cm³/mol. The van der Waals surface area contributed by atoms with Gasteiger partial charge in [0, 0.05) is 38.4 Å². The van der Waals surface area contributed by atoms with E-state index in [1.165, 1.54) is 0 Å². The van der Waals surface area contributed by atoms with Crippen LogP contribution in [-0.4, -0.2) is 32.5 Å². The van der Waals surface area contributed by atoms with E-state index < -0.39 is 0 Å². The summed E-state index contributed by atoms with van der Waals surface area (Å²) in [6.45, 7) is 10.8. The van der Waals surface area contributed by atoms with Gasteiger partial charge in [0.1, 0.15) is 0 Å². The largest absolute Gasteiger partial charge is 0.377 e. The standard InChI is InChI=1S/C19H31N3O2/c1-13(2)12-20-18(24)15-10-14(8-9-16(15)22(6)7)21-17(23)11-19(3,4)5/h8-10,13H,11-12H2,1-7H3,(H,20,24)(H,21,23). The molecule has 134 valence electrons. The molecule has 0 aliphatic carbocycles. The van der Waals surface area contributed by atoms with Gasteiger partial charge in [-0.2, -0.15) is 0 Å². The third-order valence-corrected chi connectivity index (χ3v) is 3.37. The number of anilines is 2. The SMILES string of the molecule is CC(C)CNC(=O)c1cc(NC(=O)CC(C)(C)C)ccc1N(C)C. The summed E-state index contributed by atoms with van der Waals surface area (Å²) in [5, 5.41) is 5.82. The van der Waals surface area contributed by atoms with Gasteiger partial charge in [-0.1, -0.05) is 34.6 Å². The topological polar surface area (TPSA) is 61.4 Å². The third kappa shape index (κ3) is 6.60. The molecule has 1 rings (SSSR count). The van der Waals surface area contributed by atoms with Gasteiger partial charge in [-0.3, -0.25) is 9.59 Å². The van der Waals surface area contributed by atoms with Crippen molar-refractivity contribution < 1.29 is 9.59 Å². The first-order chi connectivity index (χ1) is 11.0. The summed E-state index contributed by atoms with van der Waals surface area (Å²) in [5.74, 6) is 0.208. The normalized spacial score (nSPS) is 11.3. The molecule has 0 saturated heterocycles. The summed E-state index contributed by atoms with van der Waals surface area (Å²) < 4.78 is 0. The van der Waals surface area contributed by atoms with Crippen molar-refractivity contribution in [2.45, 2.75) is 41.0 Å². The van der Waals surface area contributed by atoms with E-state index in [0.717, 1.165) is 5.69 Å². The molecule has 5 nitrogen and oxygen atoms in total. The van der Waals surface area contributed by atoms with Crippen molar-refractivity contribution in [3.8, 4) is 0 Å². The molecule has 0 radical (unpaired) electrons. The highest BCUT2D eigenvalue weighted by Crippen LogP contribution is 2.24. The Morgan fingerprint density at radius 1 is 1.17 bits per heavy atom. The van der Waals surface area contributed by atoms with Gasteiger partial charge in [-0.05, 0) is 29.5 Å². The Balaban J connectivity index is 2.99. The van der Waals surface area contributed by atoms with Crippen molar-refractivity contribution in [1.29, 1.82) is 0 Å². The average Bonchev–Trinajstić information content (AvgIpc) is 2.42. The number of carbonyl (C=O) groups excluding carboxylic acids is 2. The fraction of sp³-hybridized carbons (Fsp3) is 0.579. The van der Waals surface area contributed by atoms with E-state index in [-0.39, 0.29) is 17.2 Å². The first kappa shape index (κ1) is 20.0. The lowest BCUT2D eigenvalue weighted by Gasteiger charge is -2.20. The van der Waals surface area contributed by atoms with Crippen LogP contribution in [0.2, 0.25) is 0 Å². The molecule has 0 spiro atoms. The van der Waals surface area contributed by atoms with Crippen LogP contribution in [0.25, 0.3) is 0 Å². The van der Waals surface area contributed by atoms with Gasteiger partial charge in [0.25, 0.3) is 5.91 Å².